The minimum atomic E-state index is -2.11. The summed E-state index contributed by atoms with van der Waals surface area (Å²) in [6, 6.07) is 8.69. The van der Waals surface area contributed by atoms with Gasteiger partial charge in [0, 0.05) is 0 Å². The summed E-state index contributed by atoms with van der Waals surface area (Å²) in [6.07, 6.45) is -0.614. The summed E-state index contributed by atoms with van der Waals surface area (Å²) in [5, 5.41) is 3.01. The molecule has 30 heavy (non-hydrogen) atoms. The van der Waals surface area contributed by atoms with Gasteiger partial charge in [0.05, 0.1) is 18.2 Å². The van der Waals surface area contributed by atoms with Gasteiger partial charge in [-0.25, -0.2) is 4.79 Å². The number of nitrogens with zero attached hydrogens (tertiary/aromatic N) is 1. The van der Waals surface area contributed by atoms with Crippen molar-refractivity contribution >= 4 is 20.3 Å². The summed E-state index contributed by atoms with van der Waals surface area (Å²) in [4.78, 5) is 26.8. The number of ether oxygens (including phenoxy) is 1. The number of benzene rings is 1. The summed E-state index contributed by atoms with van der Waals surface area (Å²) in [5.41, 5.74) is 2.32. The molecule has 2 heterocycles. The normalized spacial score (nSPS) is 25.5. The molecule has 2 aliphatic heterocycles. The molecular weight excluding hydrogens is 396 g/mol. The van der Waals surface area contributed by atoms with Gasteiger partial charge in [-0.1, -0.05) is 71.9 Å². The van der Waals surface area contributed by atoms with Crippen LogP contribution in [-0.4, -0.2) is 50.0 Å². The Morgan fingerprint density at radius 1 is 1.00 bits per heavy atom. The number of carbonyl (C=O) groups excluding carboxylic acids is 2. The lowest BCUT2D eigenvalue weighted by molar-refractivity contribution is -0.139. The second-order valence-electron chi connectivity index (χ2n) is 9.53. The van der Waals surface area contributed by atoms with Crippen molar-refractivity contribution < 1.29 is 18.8 Å². The van der Waals surface area contributed by atoms with Crippen molar-refractivity contribution in [1.29, 1.82) is 0 Å². The molecule has 0 aromatic heterocycles. The maximum atomic E-state index is 12.6. The van der Waals surface area contributed by atoms with Crippen molar-refractivity contribution in [3.63, 3.8) is 0 Å². The van der Waals surface area contributed by atoms with Crippen LogP contribution in [0.25, 0.3) is 0 Å². The van der Waals surface area contributed by atoms with Crippen LogP contribution in [0.3, 0.4) is 0 Å². The van der Waals surface area contributed by atoms with Crippen LogP contribution in [0.15, 0.2) is 30.3 Å². The van der Waals surface area contributed by atoms with E-state index in [1.165, 1.54) is 0 Å². The third-order valence-electron chi connectivity index (χ3n) is 6.92. The number of cyclic esters (lactones) is 1. The van der Waals surface area contributed by atoms with Gasteiger partial charge in [-0.05, 0) is 29.1 Å². The molecule has 1 aromatic carbocycles. The smallest absolute Gasteiger partial charge is 0.411 e. The summed E-state index contributed by atoms with van der Waals surface area (Å²) >= 11 is 0. The number of hydrogen-bond acceptors (Lipinski definition) is 4. The molecular formula is C23H36N2O4Si. The number of β-lactam (4-membered cyclic amide) rings is 1. The molecule has 3 rings (SSSR count). The minimum Gasteiger partial charge on any atom is -0.447 e. The molecule has 6 nitrogen and oxygen atoms in total. The largest absolute Gasteiger partial charge is 0.447 e. The van der Waals surface area contributed by atoms with Gasteiger partial charge in [0.2, 0.25) is 14.2 Å². The molecule has 0 unspecified atom stereocenters. The quantitative estimate of drug-likeness (QED) is 0.480. The van der Waals surface area contributed by atoms with Gasteiger partial charge in [0.15, 0.2) is 0 Å². The lowest BCUT2D eigenvalue weighted by Gasteiger charge is -2.50. The average Bonchev–Trinajstić information content (AvgIpc) is 3.04. The van der Waals surface area contributed by atoms with Crippen LogP contribution in [-0.2, 0) is 14.0 Å². The third-order valence-corrected chi connectivity index (χ3v) is 13.1. The van der Waals surface area contributed by atoms with Crippen LogP contribution in [0.2, 0.25) is 16.6 Å². The Labute approximate surface area is 181 Å². The molecule has 1 N–H and O–H groups in total. The first kappa shape index (κ1) is 22.8. The minimum absolute atomic E-state index is 0.138. The molecule has 0 bridgehead atoms. The molecule has 2 saturated heterocycles. The predicted octanol–water partition coefficient (Wildman–Crippen LogP) is 4.63. The number of carbonyl (C=O) groups is 2. The SMILES string of the molecule is CC(C)[Si](O[C@@H](C)[C@@H]1NC(=O)[C@H]1N1C(=O)OC[C@@H]1c1ccccc1)(C(C)C)C(C)C. The second kappa shape index (κ2) is 8.71. The van der Waals surface area contributed by atoms with E-state index in [2.05, 4.69) is 46.9 Å². The number of rotatable bonds is 8. The second-order valence-corrected chi connectivity index (χ2v) is 14.9. The van der Waals surface area contributed by atoms with Gasteiger partial charge in [0.25, 0.3) is 0 Å². The monoisotopic (exact) mass is 432 g/mol. The van der Waals surface area contributed by atoms with Gasteiger partial charge in [0.1, 0.15) is 12.6 Å². The van der Waals surface area contributed by atoms with Gasteiger partial charge in [-0.3, -0.25) is 9.69 Å². The first-order chi connectivity index (χ1) is 14.1. The van der Waals surface area contributed by atoms with Gasteiger partial charge in [-0.15, -0.1) is 0 Å². The van der Waals surface area contributed by atoms with Crippen molar-refractivity contribution in [3.05, 3.63) is 35.9 Å². The van der Waals surface area contributed by atoms with E-state index in [0.717, 1.165) is 5.56 Å². The average molecular weight is 433 g/mol. The zero-order chi connectivity index (χ0) is 22.2. The highest BCUT2D eigenvalue weighted by Gasteiger charge is 2.55. The highest BCUT2D eigenvalue weighted by atomic mass is 28.4. The third kappa shape index (κ3) is 3.78. The van der Waals surface area contributed by atoms with Crippen LogP contribution in [0.5, 0.6) is 0 Å². The molecule has 2 amide bonds. The summed E-state index contributed by atoms with van der Waals surface area (Å²) in [5.74, 6) is -0.138. The fourth-order valence-electron chi connectivity index (χ4n) is 5.54. The van der Waals surface area contributed by atoms with Crippen LogP contribution in [0.1, 0.15) is 60.1 Å². The van der Waals surface area contributed by atoms with Crippen LogP contribution < -0.4 is 5.32 Å². The molecule has 0 spiro atoms. The summed E-state index contributed by atoms with van der Waals surface area (Å²) < 4.78 is 12.2. The Bertz CT molecular complexity index is 746. The van der Waals surface area contributed by atoms with E-state index in [0.29, 0.717) is 16.6 Å². The van der Waals surface area contributed by atoms with Crippen molar-refractivity contribution in [2.75, 3.05) is 6.61 Å². The van der Waals surface area contributed by atoms with Crippen LogP contribution >= 0.6 is 0 Å². The van der Waals surface area contributed by atoms with E-state index in [9.17, 15) is 9.59 Å². The molecule has 1 aromatic rings. The maximum absolute atomic E-state index is 12.6. The van der Waals surface area contributed by atoms with E-state index in [1.54, 1.807) is 4.90 Å². The molecule has 0 aliphatic carbocycles. The van der Waals surface area contributed by atoms with E-state index >= 15 is 0 Å². The standard InChI is InChI=1S/C23H36N2O4Si/c1-14(2)30(15(3)4,16(5)6)29-17(7)20-21(22(26)24-20)25-19(13-28-23(25)27)18-11-9-8-10-12-18/h8-12,14-17,19-21H,13H2,1-7H3,(H,24,26)/t17-,19+,20-,21-/m0/s1. The van der Waals surface area contributed by atoms with E-state index in [1.807, 2.05) is 37.3 Å². The fourth-order valence-corrected chi connectivity index (χ4v) is 11.2. The molecule has 4 atom stereocenters. The van der Waals surface area contributed by atoms with Crippen LogP contribution in [0, 0.1) is 0 Å². The number of nitrogens with one attached hydrogen (secondary N) is 1. The van der Waals surface area contributed by atoms with Gasteiger partial charge >= 0.3 is 6.09 Å². The first-order valence-electron chi connectivity index (χ1n) is 11.1. The Hall–Kier alpha value is -1.86. The van der Waals surface area contributed by atoms with E-state index in [-0.39, 0.29) is 30.7 Å². The van der Waals surface area contributed by atoms with Crippen molar-refractivity contribution in [1.82, 2.24) is 10.2 Å². The fraction of sp³-hybridized carbons (Fsp3) is 0.652. The lowest BCUT2D eigenvalue weighted by Crippen LogP contribution is -2.74. The summed E-state index contributed by atoms with van der Waals surface area (Å²) in [7, 11) is -2.11. The van der Waals surface area contributed by atoms with E-state index in [4.69, 9.17) is 9.16 Å². The first-order valence-corrected chi connectivity index (χ1v) is 13.2. The molecule has 7 heteroatoms. The molecule has 2 aliphatic rings. The topological polar surface area (TPSA) is 67.9 Å². The Morgan fingerprint density at radius 2 is 1.57 bits per heavy atom. The summed E-state index contributed by atoms with van der Waals surface area (Å²) in [6.45, 7) is 15.8. The number of amides is 2. The number of hydrogen-bond donors (Lipinski definition) is 1. The Balaban J connectivity index is 1.85. The zero-order valence-electron chi connectivity index (χ0n) is 19.2. The lowest BCUT2D eigenvalue weighted by atomic mass is 9.91. The Morgan fingerprint density at radius 3 is 2.07 bits per heavy atom. The Kier molecular flexibility index (Phi) is 6.62. The molecule has 0 saturated carbocycles. The highest BCUT2D eigenvalue weighted by molar-refractivity contribution is 6.77. The molecule has 0 radical (unpaired) electrons. The predicted molar refractivity (Wildman–Crippen MR) is 120 cm³/mol. The molecule has 166 valence electrons. The van der Waals surface area contributed by atoms with Crippen molar-refractivity contribution in [2.45, 2.75) is 89.3 Å². The zero-order valence-corrected chi connectivity index (χ0v) is 20.2. The highest BCUT2D eigenvalue weighted by Crippen LogP contribution is 2.44. The van der Waals surface area contributed by atoms with Gasteiger partial charge in [-0.2, -0.15) is 0 Å². The van der Waals surface area contributed by atoms with E-state index < -0.39 is 20.5 Å². The van der Waals surface area contributed by atoms with Crippen molar-refractivity contribution in [3.8, 4) is 0 Å². The van der Waals surface area contributed by atoms with Gasteiger partial charge < -0.3 is 14.5 Å². The van der Waals surface area contributed by atoms with Crippen molar-refractivity contribution in [2.24, 2.45) is 0 Å². The maximum Gasteiger partial charge on any atom is 0.411 e. The molecule has 2 fully saturated rings. The van der Waals surface area contributed by atoms with Crippen LogP contribution in [0.4, 0.5) is 4.79 Å².